The van der Waals surface area contributed by atoms with Crippen LogP contribution >= 0.6 is 15.9 Å². The zero-order chi connectivity index (χ0) is 10.7. The molecule has 2 nitrogen and oxygen atoms in total. The second kappa shape index (κ2) is 5.10. The topological polar surface area (TPSA) is 18.5 Å². The van der Waals surface area contributed by atoms with Crippen LogP contribution in [0.25, 0.3) is 0 Å². The van der Waals surface area contributed by atoms with Gasteiger partial charge in [-0.2, -0.15) is 0 Å². The predicted molar refractivity (Wildman–Crippen MR) is 62.9 cm³/mol. The molecule has 0 aromatic heterocycles. The van der Waals surface area contributed by atoms with Crippen molar-refractivity contribution in [3.63, 3.8) is 0 Å². The summed E-state index contributed by atoms with van der Waals surface area (Å²) in [7, 11) is 1.77. The van der Waals surface area contributed by atoms with Gasteiger partial charge in [-0.3, -0.25) is 0 Å². The first-order valence-electron chi connectivity index (χ1n) is 5.19. The van der Waals surface area contributed by atoms with Crippen LogP contribution in [-0.4, -0.2) is 19.8 Å². The molecule has 0 bridgehead atoms. The van der Waals surface area contributed by atoms with E-state index in [1.54, 1.807) is 7.11 Å². The third-order valence-electron chi connectivity index (χ3n) is 2.81. The number of hydrogen-bond acceptors (Lipinski definition) is 2. The Morgan fingerprint density at radius 1 is 1.33 bits per heavy atom. The average Bonchev–Trinajstić information content (AvgIpc) is 2.30. The molecule has 0 unspecified atom stereocenters. The lowest BCUT2D eigenvalue weighted by molar-refractivity contribution is -0.0598. The highest BCUT2D eigenvalue weighted by molar-refractivity contribution is 9.10. The Labute approximate surface area is 98.7 Å². The smallest absolute Gasteiger partial charge is 0.0849 e. The lowest BCUT2D eigenvalue weighted by Crippen LogP contribution is -2.25. The molecule has 1 aliphatic rings. The Morgan fingerprint density at radius 2 is 2.07 bits per heavy atom. The van der Waals surface area contributed by atoms with Crippen molar-refractivity contribution in [1.82, 2.24) is 0 Å². The molecule has 0 radical (unpaired) electrons. The molecule has 0 aliphatic carbocycles. The summed E-state index contributed by atoms with van der Waals surface area (Å²) in [6, 6.07) is 8.31. The number of benzene rings is 1. The molecule has 2 atom stereocenters. The number of hydrogen-bond donors (Lipinski definition) is 0. The first-order chi connectivity index (χ1) is 7.29. The quantitative estimate of drug-likeness (QED) is 0.821. The lowest BCUT2D eigenvalue weighted by Gasteiger charge is -2.28. The molecule has 0 amide bonds. The van der Waals surface area contributed by atoms with Gasteiger partial charge in [0.25, 0.3) is 0 Å². The van der Waals surface area contributed by atoms with Gasteiger partial charge in [-0.05, 0) is 24.1 Å². The van der Waals surface area contributed by atoms with Crippen molar-refractivity contribution in [3.8, 4) is 0 Å². The molecule has 3 heteroatoms. The number of ether oxygens (including phenoxy) is 2. The fourth-order valence-corrected chi connectivity index (χ4v) is 2.15. The summed E-state index contributed by atoms with van der Waals surface area (Å²) >= 11 is 3.43. The maximum absolute atomic E-state index is 5.74. The first kappa shape index (κ1) is 11.1. The van der Waals surface area contributed by atoms with Crippen LogP contribution in [0.3, 0.4) is 0 Å². The monoisotopic (exact) mass is 270 g/mol. The van der Waals surface area contributed by atoms with Crippen molar-refractivity contribution >= 4 is 15.9 Å². The largest absolute Gasteiger partial charge is 0.381 e. The molecular weight excluding hydrogens is 256 g/mol. The molecule has 0 spiro atoms. The highest BCUT2D eigenvalue weighted by atomic mass is 79.9. The van der Waals surface area contributed by atoms with Crippen LogP contribution in [0.1, 0.15) is 24.5 Å². The SMILES string of the molecule is CO[C@H]1CCO[C@H](c2ccc(Br)cc2)C1. The zero-order valence-corrected chi connectivity index (χ0v) is 10.4. The van der Waals surface area contributed by atoms with Crippen LogP contribution in [0, 0.1) is 0 Å². The average molecular weight is 271 g/mol. The molecule has 2 rings (SSSR count). The van der Waals surface area contributed by atoms with Gasteiger partial charge in [-0.15, -0.1) is 0 Å². The maximum atomic E-state index is 5.74. The fourth-order valence-electron chi connectivity index (χ4n) is 1.89. The summed E-state index contributed by atoms with van der Waals surface area (Å²) < 4.78 is 12.2. The minimum atomic E-state index is 0.191. The molecular formula is C12H15BrO2. The summed E-state index contributed by atoms with van der Waals surface area (Å²) in [5.41, 5.74) is 1.24. The number of halogens is 1. The molecule has 82 valence electrons. The molecule has 1 aromatic rings. The van der Waals surface area contributed by atoms with Crippen LogP contribution in [-0.2, 0) is 9.47 Å². The number of methoxy groups -OCH3 is 1. The van der Waals surface area contributed by atoms with Gasteiger partial charge in [0, 0.05) is 24.6 Å². The van der Waals surface area contributed by atoms with Crippen LogP contribution in [0.5, 0.6) is 0 Å². The van der Waals surface area contributed by atoms with Crippen molar-refractivity contribution in [2.75, 3.05) is 13.7 Å². The Morgan fingerprint density at radius 3 is 2.73 bits per heavy atom. The summed E-state index contributed by atoms with van der Waals surface area (Å²) in [6.07, 6.45) is 2.49. The molecule has 15 heavy (non-hydrogen) atoms. The standard InChI is InChI=1S/C12H15BrO2/c1-14-11-6-7-15-12(8-11)9-2-4-10(13)5-3-9/h2-5,11-12H,6-8H2,1H3/t11-,12-/m0/s1. The Balaban J connectivity index is 2.06. The summed E-state index contributed by atoms with van der Waals surface area (Å²) in [5.74, 6) is 0. The van der Waals surface area contributed by atoms with Gasteiger partial charge < -0.3 is 9.47 Å². The summed E-state index contributed by atoms with van der Waals surface area (Å²) in [4.78, 5) is 0. The zero-order valence-electron chi connectivity index (χ0n) is 8.78. The van der Waals surface area contributed by atoms with Crippen molar-refractivity contribution < 1.29 is 9.47 Å². The van der Waals surface area contributed by atoms with E-state index in [4.69, 9.17) is 9.47 Å². The van der Waals surface area contributed by atoms with Gasteiger partial charge in [0.2, 0.25) is 0 Å². The van der Waals surface area contributed by atoms with E-state index in [0.717, 1.165) is 23.9 Å². The van der Waals surface area contributed by atoms with Crippen molar-refractivity contribution in [1.29, 1.82) is 0 Å². The molecule has 1 fully saturated rings. The van der Waals surface area contributed by atoms with E-state index in [2.05, 4.69) is 40.2 Å². The highest BCUT2D eigenvalue weighted by Gasteiger charge is 2.23. The first-order valence-corrected chi connectivity index (χ1v) is 5.99. The molecule has 1 aromatic carbocycles. The van der Waals surface area contributed by atoms with E-state index >= 15 is 0 Å². The van der Waals surface area contributed by atoms with E-state index in [9.17, 15) is 0 Å². The van der Waals surface area contributed by atoms with Crippen LogP contribution in [0.2, 0.25) is 0 Å². The minimum Gasteiger partial charge on any atom is -0.381 e. The Kier molecular flexibility index (Phi) is 3.78. The van der Waals surface area contributed by atoms with E-state index in [0.29, 0.717) is 6.10 Å². The van der Waals surface area contributed by atoms with Crippen LogP contribution in [0.4, 0.5) is 0 Å². The van der Waals surface area contributed by atoms with Gasteiger partial charge in [-0.25, -0.2) is 0 Å². The van der Waals surface area contributed by atoms with E-state index in [1.807, 2.05) is 0 Å². The van der Waals surface area contributed by atoms with Crippen molar-refractivity contribution in [2.45, 2.75) is 25.0 Å². The normalized spacial score (nSPS) is 26.5. The minimum absolute atomic E-state index is 0.191. The van der Waals surface area contributed by atoms with Crippen LogP contribution < -0.4 is 0 Å². The highest BCUT2D eigenvalue weighted by Crippen LogP contribution is 2.29. The Bertz CT molecular complexity index is 310. The maximum Gasteiger partial charge on any atom is 0.0849 e. The van der Waals surface area contributed by atoms with E-state index < -0.39 is 0 Å². The molecule has 0 N–H and O–H groups in total. The molecule has 0 saturated carbocycles. The van der Waals surface area contributed by atoms with E-state index in [1.165, 1.54) is 5.56 Å². The van der Waals surface area contributed by atoms with Gasteiger partial charge in [0.15, 0.2) is 0 Å². The molecule has 1 aliphatic heterocycles. The van der Waals surface area contributed by atoms with Gasteiger partial charge in [0.1, 0.15) is 0 Å². The second-order valence-electron chi connectivity index (χ2n) is 3.79. The van der Waals surface area contributed by atoms with Crippen molar-refractivity contribution in [3.05, 3.63) is 34.3 Å². The summed E-state index contributed by atoms with van der Waals surface area (Å²) in [6.45, 7) is 0.791. The molecule has 1 heterocycles. The molecule has 1 saturated heterocycles. The Hall–Kier alpha value is -0.380. The van der Waals surface area contributed by atoms with Crippen molar-refractivity contribution in [2.24, 2.45) is 0 Å². The van der Waals surface area contributed by atoms with Gasteiger partial charge in [-0.1, -0.05) is 28.1 Å². The fraction of sp³-hybridized carbons (Fsp3) is 0.500. The third-order valence-corrected chi connectivity index (χ3v) is 3.34. The second-order valence-corrected chi connectivity index (χ2v) is 4.71. The predicted octanol–water partition coefficient (Wildman–Crippen LogP) is 3.32. The number of rotatable bonds is 2. The van der Waals surface area contributed by atoms with E-state index in [-0.39, 0.29) is 6.10 Å². The third kappa shape index (κ3) is 2.80. The van der Waals surface area contributed by atoms with Crippen LogP contribution in [0.15, 0.2) is 28.7 Å². The summed E-state index contributed by atoms with van der Waals surface area (Å²) in [5, 5.41) is 0. The van der Waals surface area contributed by atoms with Gasteiger partial charge in [0.05, 0.1) is 12.2 Å². The van der Waals surface area contributed by atoms with Gasteiger partial charge >= 0.3 is 0 Å². The lowest BCUT2D eigenvalue weighted by atomic mass is 9.99.